The molecule has 1 fully saturated rings. The van der Waals surface area contributed by atoms with Crippen LogP contribution in [0.1, 0.15) is 48.8 Å². The van der Waals surface area contributed by atoms with E-state index in [9.17, 15) is 0 Å². The molecule has 0 saturated carbocycles. The second-order valence-electron chi connectivity index (χ2n) is 5.69. The molecule has 0 spiro atoms. The van der Waals surface area contributed by atoms with Gasteiger partial charge in [0.25, 0.3) is 0 Å². The first kappa shape index (κ1) is 13.6. The molecular weight excluding hydrogens is 220 g/mol. The van der Waals surface area contributed by atoms with Gasteiger partial charge < -0.3 is 11.1 Å². The lowest BCUT2D eigenvalue weighted by Crippen LogP contribution is -2.52. The third-order valence-electron chi connectivity index (χ3n) is 4.39. The van der Waals surface area contributed by atoms with Crippen molar-refractivity contribution < 1.29 is 0 Å². The van der Waals surface area contributed by atoms with E-state index in [2.05, 4.69) is 44.3 Å². The van der Waals surface area contributed by atoms with Crippen molar-refractivity contribution in [2.75, 3.05) is 6.54 Å². The molecule has 3 N–H and O–H groups in total. The zero-order chi connectivity index (χ0) is 13.1. The summed E-state index contributed by atoms with van der Waals surface area (Å²) in [6.45, 7) is 7.72. The highest BCUT2D eigenvalue weighted by atomic mass is 15.0. The average molecular weight is 246 g/mol. The summed E-state index contributed by atoms with van der Waals surface area (Å²) in [5.41, 5.74) is 10.6. The van der Waals surface area contributed by atoms with Crippen LogP contribution in [0.3, 0.4) is 0 Å². The lowest BCUT2D eigenvalue weighted by molar-refractivity contribution is 0.305. The summed E-state index contributed by atoms with van der Waals surface area (Å²) in [6.07, 6.45) is 3.52. The molecule has 2 rings (SSSR count). The molecule has 0 bridgehead atoms. The van der Waals surface area contributed by atoms with E-state index < -0.39 is 0 Å². The van der Waals surface area contributed by atoms with Crippen molar-refractivity contribution >= 4 is 0 Å². The van der Waals surface area contributed by atoms with Gasteiger partial charge in [0, 0.05) is 18.6 Å². The average Bonchev–Trinajstić information content (AvgIpc) is 2.35. The molecule has 1 aromatic carbocycles. The summed E-state index contributed by atoms with van der Waals surface area (Å²) in [5, 5.41) is 3.64. The van der Waals surface area contributed by atoms with Gasteiger partial charge in [-0.05, 0) is 49.3 Å². The van der Waals surface area contributed by atoms with Gasteiger partial charge in [-0.3, -0.25) is 0 Å². The highest BCUT2D eigenvalue weighted by Crippen LogP contribution is 2.29. The molecule has 0 amide bonds. The van der Waals surface area contributed by atoms with Crippen molar-refractivity contribution in [3.05, 3.63) is 34.9 Å². The Kier molecular flexibility index (Phi) is 4.41. The monoisotopic (exact) mass is 246 g/mol. The summed E-state index contributed by atoms with van der Waals surface area (Å²) in [7, 11) is 0. The van der Waals surface area contributed by atoms with Crippen LogP contribution in [-0.4, -0.2) is 18.6 Å². The minimum absolute atomic E-state index is 0.295. The minimum Gasteiger partial charge on any atom is -0.326 e. The van der Waals surface area contributed by atoms with E-state index in [1.54, 1.807) is 0 Å². The summed E-state index contributed by atoms with van der Waals surface area (Å²) >= 11 is 0. The molecule has 1 aliphatic rings. The van der Waals surface area contributed by atoms with Crippen LogP contribution in [0, 0.1) is 13.8 Å². The number of rotatable bonds is 3. The molecule has 1 aromatic rings. The first-order valence-corrected chi connectivity index (χ1v) is 7.18. The van der Waals surface area contributed by atoms with E-state index in [0.29, 0.717) is 18.0 Å². The van der Waals surface area contributed by atoms with E-state index in [1.165, 1.54) is 29.5 Å². The Morgan fingerprint density at radius 3 is 2.78 bits per heavy atom. The smallest absolute Gasteiger partial charge is 0.0219 e. The summed E-state index contributed by atoms with van der Waals surface area (Å²) in [6, 6.07) is 7.43. The van der Waals surface area contributed by atoms with Crippen molar-refractivity contribution in [3.8, 4) is 0 Å². The van der Waals surface area contributed by atoms with Crippen molar-refractivity contribution in [1.29, 1.82) is 0 Å². The zero-order valence-electron chi connectivity index (χ0n) is 11.9. The molecule has 3 atom stereocenters. The number of hydrogen-bond donors (Lipinski definition) is 2. The topological polar surface area (TPSA) is 38.0 Å². The third-order valence-corrected chi connectivity index (χ3v) is 4.39. The lowest BCUT2D eigenvalue weighted by Gasteiger charge is -2.36. The molecule has 0 radical (unpaired) electrons. The fourth-order valence-electron chi connectivity index (χ4n) is 3.10. The third kappa shape index (κ3) is 2.76. The van der Waals surface area contributed by atoms with E-state index in [4.69, 9.17) is 5.73 Å². The Labute approximate surface area is 111 Å². The van der Waals surface area contributed by atoms with Gasteiger partial charge in [-0.2, -0.15) is 0 Å². The van der Waals surface area contributed by atoms with Gasteiger partial charge in [-0.1, -0.05) is 31.5 Å². The van der Waals surface area contributed by atoms with Crippen LogP contribution in [-0.2, 0) is 0 Å². The summed E-state index contributed by atoms with van der Waals surface area (Å²) in [5.74, 6) is 0.577. The SMILES string of the molecule is CCCC1NCC(c2cccc(C)c2C)CC1N. The van der Waals surface area contributed by atoms with Crippen LogP contribution in [0.25, 0.3) is 0 Å². The summed E-state index contributed by atoms with van der Waals surface area (Å²) in [4.78, 5) is 0. The van der Waals surface area contributed by atoms with Gasteiger partial charge >= 0.3 is 0 Å². The van der Waals surface area contributed by atoms with E-state index in [1.807, 2.05) is 0 Å². The highest BCUT2D eigenvalue weighted by molar-refractivity contribution is 5.36. The first-order valence-electron chi connectivity index (χ1n) is 7.18. The molecule has 3 unspecified atom stereocenters. The van der Waals surface area contributed by atoms with Crippen LogP contribution in [0.15, 0.2) is 18.2 Å². The van der Waals surface area contributed by atoms with Crippen LogP contribution in [0.4, 0.5) is 0 Å². The number of nitrogens with one attached hydrogen (secondary N) is 1. The number of aryl methyl sites for hydroxylation is 1. The van der Waals surface area contributed by atoms with Crippen molar-refractivity contribution in [3.63, 3.8) is 0 Å². The highest BCUT2D eigenvalue weighted by Gasteiger charge is 2.28. The standard InChI is InChI=1S/C16H26N2/c1-4-6-16-15(17)9-13(10-18-16)14-8-5-7-11(2)12(14)3/h5,7-8,13,15-16,18H,4,6,9-10,17H2,1-3H3. The minimum atomic E-state index is 0.295. The van der Waals surface area contributed by atoms with Crippen LogP contribution in [0.5, 0.6) is 0 Å². The number of piperidine rings is 1. The van der Waals surface area contributed by atoms with Gasteiger partial charge in [0.15, 0.2) is 0 Å². The fraction of sp³-hybridized carbons (Fsp3) is 0.625. The van der Waals surface area contributed by atoms with Crippen molar-refractivity contribution in [2.45, 2.75) is 58.0 Å². The van der Waals surface area contributed by atoms with E-state index in [0.717, 1.165) is 13.0 Å². The zero-order valence-corrected chi connectivity index (χ0v) is 11.9. The molecular formula is C16H26N2. The Morgan fingerprint density at radius 2 is 2.11 bits per heavy atom. The molecule has 0 aromatic heterocycles. The molecule has 18 heavy (non-hydrogen) atoms. The number of benzene rings is 1. The Balaban J connectivity index is 2.10. The second-order valence-corrected chi connectivity index (χ2v) is 5.69. The largest absolute Gasteiger partial charge is 0.326 e. The molecule has 2 heteroatoms. The Bertz CT molecular complexity index is 400. The second kappa shape index (κ2) is 5.85. The fourth-order valence-corrected chi connectivity index (χ4v) is 3.10. The Morgan fingerprint density at radius 1 is 1.33 bits per heavy atom. The predicted molar refractivity (Wildman–Crippen MR) is 77.9 cm³/mol. The quantitative estimate of drug-likeness (QED) is 0.860. The van der Waals surface area contributed by atoms with E-state index >= 15 is 0 Å². The molecule has 100 valence electrons. The van der Waals surface area contributed by atoms with Crippen LogP contribution < -0.4 is 11.1 Å². The lowest BCUT2D eigenvalue weighted by atomic mass is 9.82. The normalized spacial score (nSPS) is 28.3. The van der Waals surface area contributed by atoms with Crippen LogP contribution >= 0.6 is 0 Å². The van der Waals surface area contributed by atoms with E-state index in [-0.39, 0.29) is 0 Å². The van der Waals surface area contributed by atoms with Gasteiger partial charge in [-0.15, -0.1) is 0 Å². The van der Waals surface area contributed by atoms with Crippen molar-refractivity contribution in [1.82, 2.24) is 5.32 Å². The van der Waals surface area contributed by atoms with Gasteiger partial charge in [0.2, 0.25) is 0 Å². The maximum atomic E-state index is 6.32. The maximum Gasteiger partial charge on any atom is 0.0219 e. The Hall–Kier alpha value is -0.860. The van der Waals surface area contributed by atoms with Gasteiger partial charge in [0.1, 0.15) is 0 Å². The summed E-state index contributed by atoms with van der Waals surface area (Å²) < 4.78 is 0. The molecule has 1 saturated heterocycles. The maximum absolute atomic E-state index is 6.32. The molecule has 1 aliphatic heterocycles. The predicted octanol–water partition coefficient (Wildman–Crippen LogP) is 2.88. The van der Waals surface area contributed by atoms with Crippen LogP contribution in [0.2, 0.25) is 0 Å². The molecule has 1 heterocycles. The number of hydrogen-bond acceptors (Lipinski definition) is 2. The number of nitrogens with two attached hydrogens (primary N) is 1. The van der Waals surface area contributed by atoms with Crippen molar-refractivity contribution in [2.24, 2.45) is 5.73 Å². The molecule has 0 aliphatic carbocycles. The van der Waals surface area contributed by atoms with Gasteiger partial charge in [-0.25, -0.2) is 0 Å². The van der Waals surface area contributed by atoms with Gasteiger partial charge in [0.05, 0.1) is 0 Å². The first-order chi connectivity index (χ1) is 8.63. The molecule has 2 nitrogen and oxygen atoms in total.